The molecule has 0 fully saturated rings. The Morgan fingerprint density at radius 1 is 1.62 bits per heavy atom. The van der Waals surface area contributed by atoms with Crippen LogP contribution >= 0.6 is 0 Å². The van der Waals surface area contributed by atoms with E-state index in [1.807, 2.05) is 0 Å². The summed E-state index contributed by atoms with van der Waals surface area (Å²) >= 11 is 0. The van der Waals surface area contributed by atoms with Gasteiger partial charge in [0.1, 0.15) is 6.07 Å². The van der Waals surface area contributed by atoms with Crippen LogP contribution in [0.25, 0.3) is 0 Å². The Labute approximate surface area is 75.6 Å². The second kappa shape index (κ2) is 3.81. The number of nitriles is 1. The van der Waals surface area contributed by atoms with Gasteiger partial charge in [0.2, 0.25) is 0 Å². The van der Waals surface area contributed by atoms with Gasteiger partial charge in [0.15, 0.2) is 11.6 Å². The summed E-state index contributed by atoms with van der Waals surface area (Å²) in [6.45, 7) is 1.65. The van der Waals surface area contributed by atoms with Crippen LogP contribution in [-0.4, -0.2) is 5.78 Å². The highest BCUT2D eigenvalue weighted by Gasteiger charge is 2.12. The van der Waals surface area contributed by atoms with Crippen molar-refractivity contribution in [1.29, 1.82) is 5.26 Å². The molecule has 0 amide bonds. The molecule has 0 aromatic heterocycles. The maximum absolute atomic E-state index is 13.3. The van der Waals surface area contributed by atoms with E-state index in [4.69, 9.17) is 5.26 Å². The highest BCUT2D eigenvalue weighted by Crippen LogP contribution is 2.13. The second-order valence-electron chi connectivity index (χ2n) is 2.56. The SMILES string of the molecule is CCC(=O)c1cccc(C#N)c1F. The topological polar surface area (TPSA) is 40.9 Å². The van der Waals surface area contributed by atoms with E-state index >= 15 is 0 Å². The van der Waals surface area contributed by atoms with Crippen LogP contribution in [0.1, 0.15) is 29.3 Å². The molecule has 0 unspecified atom stereocenters. The molecule has 1 aromatic rings. The number of hydrogen-bond donors (Lipinski definition) is 0. The van der Waals surface area contributed by atoms with Crippen molar-refractivity contribution in [3.8, 4) is 6.07 Å². The summed E-state index contributed by atoms with van der Waals surface area (Å²) in [6.07, 6.45) is 0.242. The summed E-state index contributed by atoms with van der Waals surface area (Å²) in [5.41, 5.74) is -0.0825. The van der Waals surface area contributed by atoms with Gasteiger partial charge >= 0.3 is 0 Å². The monoisotopic (exact) mass is 177 g/mol. The van der Waals surface area contributed by atoms with Crippen molar-refractivity contribution in [1.82, 2.24) is 0 Å². The molecule has 0 radical (unpaired) electrons. The molecular weight excluding hydrogens is 169 g/mol. The molecule has 2 nitrogen and oxygen atoms in total. The molecule has 0 saturated carbocycles. The van der Waals surface area contributed by atoms with Crippen LogP contribution in [0.15, 0.2) is 18.2 Å². The van der Waals surface area contributed by atoms with Crippen LogP contribution in [0.2, 0.25) is 0 Å². The van der Waals surface area contributed by atoms with Gasteiger partial charge in [0, 0.05) is 6.42 Å². The third-order valence-corrected chi connectivity index (χ3v) is 1.74. The van der Waals surface area contributed by atoms with Crippen LogP contribution in [0.5, 0.6) is 0 Å². The summed E-state index contributed by atoms with van der Waals surface area (Å²) < 4.78 is 13.3. The summed E-state index contributed by atoms with van der Waals surface area (Å²) in [4.78, 5) is 11.2. The molecule has 0 heterocycles. The molecule has 13 heavy (non-hydrogen) atoms. The zero-order chi connectivity index (χ0) is 9.84. The van der Waals surface area contributed by atoms with E-state index in [2.05, 4.69) is 0 Å². The molecule has 0 aliphatic rings. The van der Waals surface area contributed by atoms with Gasteiger partial charge in [0.05, 0.1) is 11.1 Å². The first kappa shape index (κ1) is 9.40. The lowest BCUT2D eigenvalue weighted by Crippen LogP contribution is -2.01. The molecule has 1 rings (SSSR count). The molecular formula is C10H8FNO. The standard InChI is InChI=1S/C10H8FNO/c1-2-9(13)8-5-3-4-7(6-12)10(8)11/h3-5H,2H2,1H3. The highest BCUT2D eigenvalue weighted by molar-refractivity contribution is 5.96. The maximum Gasteiger partial charge on any atom is 0.165 e. The summed E-state index contributed by atoms with van der Waals surface area (Å²) in [5.74, 6) is -0.994. The van der Waals surface area contributed by atoms with Crippen LogP contribution in [0.3, 0.4) is 0 Å². The number of carbonyl (C=O) groups excluding carboxylic acids is 1. The second-order valence-corrected chi connectivity index (χ2v) is 2.56. The zero-order valence-electron chi connectivity index (χ0n) is 7.17. The van der Waals surface area contributed by atoms with Crippen molar-refractivity contribution < 1.29 is 9.18 Å². The smallest absolute Gasteiger partial charge is 0.165 e. The molecule has 0 saturated heterocycles. The molecule has 0 aliphatic carbocycles. The van der Waals surface area contributed by atoms with E-state index in [1.165, 1.54) is 18.2 Å². The quantitative estimate of drug-likeness (QED) is 0.650. The number of carbonyl (C=O) groups is 1. The number of halogens is 1. The molecule has 0 aliphatic heterocycles. The maximum atomic E-state index is 13.3. The molecule has 0 N–H and O–H groups in total. The largest absolute Gasteiger partial charge is 0.294 e. The van der Waals surface area contributed by atoms with E-state index in [0.29, 0.717) is 0 Å². The Kier molecular flexibility index (Phi) is 2.76. The van der Waals surface area contributed by atoms with Gasteiger partial charge in [-0.15, -0.1) is 0 Å². The minimum atomic E-state index is -0.711. The van der Waals surface area contributed by atoms with Gasteiger partial charge < -0.3 is 0 Å². The summed E-state index contributed by atoms with van der Waals surface area (Å²) in [5, 5.41) is 8.50. The lowest BCUT2D eigenvalue weighted by Gasteiger charge is -2.00. The Hall–Kier alpha value is -1.69. The van der Waals surface area contributed by atoms with Crippen molar-refractivity contribution in [3.63, 3.8) is 0 Å². The van der Waals surface area contributed by atoms with E-state index in [9.17, 15) is 9.18 Å². The van der Waals surface area contributed by atoms with Gasteiger partial charge in [-0.05, 0) is 12.1 Å². The van der Waals surface area contributed by atoms with E-state index in [-0.39, 0.29) is 23.3 Å². The molecule has 0 bridgehead atoms. The van der Waals surface area contributed by atoms with Crippen molar-refractivity contribution in [2.75, 3.05) is 0 Å². The predicted molar refractivity (Wildman–Crippen MR) is 45.7 cm³/mol. The number of benzene rings is 1. The van der Waals surface area contributed by atoms with Crippen molar-refractivity contribution in [3.05, 3.63) is 35.1 Å². The van der Waals surface area contributed by atoms with Gasteiger partial charge in [-0.25, -0.2) is 4.39 Å². The van der Waals surface area contributed by atoms with E-state index in [1.54, 1.807) is 13.0 Å². The number of hydrogen-bond acceptors (Lipinski definition) is 2. The number of ketones is 1. The average Bonchev–Trinajstić information content (AvgIpc) is 2.17. The van der Waals surface area contributed by atoms with Crippen LogP contribution < -0.4 is 0 Å². The first-order valence-electron chi connectivity index (χ1n) is 3.92. The van der Waals surface area contributed by atoms with Crippen LogP contribution in [-0.2, 0) is 0 Å². The molecule has 66 valence electrons. The highest BCUT2D eigenvalue weighted by atomic mass is 19.1. The molecule has 0 atom stereocenters. The Balaban J connectivity index is 3.25. The predicted octanol–water partition coefficient (Wildman–Crippen LogP) is 2.29. The van der Waals surface area contributed by atoms with Gasteiger partial charge in [-0.2, -0.15) is 5.26 Å². The minimum absolute atomic E-state index is 0.00144. The minimum Gasteiger partial charge on any atom is -0.294 e. The fourth-order valence-corrected chi connectivity index (χ4v) is 1.02. The number of nitrogens with zero attached hydrogens (tertiary/aromatic N) is 1. The van der Waals surface area contributed by atoms with E-state index < -0.39 is 5.82 Å². The first-order valence-corrected chi connectivity index (χ1v) is 3.92. The van der Waals surface area contributed by atoms with Crippen molar-refractivity contribution in [2.45, 2.75) is 13.3 Å². The third-order valence-electron chi connectivity index (χ3n) is 1.74. The van der Waals surface area contributed by atoms with Gasteiger partial charge in [-0.3, -0.25) is 4.79 Å². The lowest BCUT2D eigenvalue weighted by molar-refractivity contribution is 0.0984. The van der Waals surface area contributed by atoms with Crippen LogP contribution in [0.4, 0.5) is 4.39 Å². The average molecular weight is 177 g/mol. The normalized spacial score (nSPS) is 9.31. The fourth-order valence-electron chi connectivity index (χ4n) is 1.02. The molecule has 1 aromatic carbocycles. The van der Waals surface area contributed by atoms with Gasteiger partial charge in [0.25, 0.3) is 0 Å². The van der Waals surface area contributed by atoms with Crippen molar-refractivity contribution in [2.24, 2.45) is 0 Å². The number of Topliss-reactive ketones (excluding diaryl/α,β-unsaturated/α-hetero) is 1. The Bertz CT molecular complexity index is 379. The fraction of sp³-hybridized carbons (Fsp3) is 0.200. The zero-order valence-corrected chi connectivity index (χ0v) is 7.17. The lowest BCUT2D eigenvalue weighted by atomic mass is 10.1. The summed E-state index contributed by atoms with van der Waals surface area (Å²) in [7, 11) is 0. The summed E-state index contributed by atoms with van der Waals surface area (Å²) in [6, 6.07) is 5.93. The Morgan fingerprint density at radius 3 is 2.85 bits per heavy atom. The first-order chi connectivity index (χ1) is 6.20. The third kappa shape index (κ3) is 1.73. The van der Waals surface area contributed by atoms with Crippen molar-refractivity contribution >= 4 is 5.78 Å². The molecule has 3 heteroatoms. The van der Waals surface area contributed by atoms with Crippen LogP contribution in [0, 0.1) is 17.1 Å². The Morgan fingerprint density at radius 2 is 2.31 bits per heavy atom. The van der Waals surface area contributed by atoms with Gasteiger partial charge in [-0.1, -0.05) is 13.0 Å². The molecule has 0 spiro atoms. The van der Waals surface area contributed by atoms with E-state index in [0.717, 1.165) is 0 Å². The number of rotatable bonds is 2.